The molecular weight excluding hydrogens is 316 g/mol. The normalized spacial score (nSPS) is 24.2. The number of carbonyl (C=O) groups is 2. The fourth-order valence-corrected chi connectivity index (χ4v) is 4.50. The lowest BCUT2D eigenvalue weighted by Crippen LogP contribution is -2.41. The van der Waals surface area contributed by atoms with Crippen LogP contribution in [0.1, 0.15) is 67.5 Å². The molecule has 2 aliphatic heterocycles. The highest BCUT2D eigenvalue weighted by atomic mass is 16.2. The zero-order valence-corrected chi connectivity index (χ0v) is 14.9. The number of likely N-dealkylation sites (tertiary alicyclic amines) is 1. The highest BCUT2D eigenvalue weighted by molar-refractivity contribution is 5.93. The molecule has 3 heterocycles. The summed E-state index contributed by atoms with van der Waals surface area (Å²) in [6.07, 6.45) is 11.4. The summed E-state index contributed by atoms with van der Waals surface area (Å²) >= 11 is 0. The number of carbonyl (C=O) groups excluding carboxylic acids is 2. The van der Waals surface area contributed by atoms with Gasteiger partial charge in [0.25, 0.3) is 5.91 Å². The number of rotatable bonds is 3. The second-order valence-electron chi connectivity index (χ2n) is 7.77. The molecule has 4 rings (SSSR count). The van der Waals surface area contributed by atoms with Crippen LogP contribution in [0.5, 0.6) is 0 Å². The first-order chi connectivity index (χ1) is 12.2. The van der Waals surface area contributed by atoms with Crippen molar-refractivity contribution in [2.45, 2.75) is 70.4 Å². The van der Waals surface area contributed by atoms with E-state index < -0.39 is 0 Å². The molecular formula is C19H28N4O2. The molecule has 1 aromatic heterocycles. The van der Waals surface area contributed by atoms with E-state index in [4.69, 9.17) is 0 Å². The van der Waals surface area contributed by atoms with Crippen LogP contribution in [0.15, 0.2) is 6.33 Å². The SMILES string of the molecule is O=C(NC1CCCC1)C1CCc2c(C(=O)N3CCCCC3)ncn2C1. The molecule has 1 unspecified atom stereocenters. The van der Waals surface area contributed by atoms with Gasteiger partial charge >= 0.3 is 0 Å². The molecule has 1 aromatic rings. The van der Waals surface area contributed by atoms with Crippen molar-refractivity contribution in [3.8, 4) is 0 Å². The summed E-state index contributed by atoms with van der Waals surface area (Å²) < 4.78 is 2.03. The Bertz CT molecular complexity index is 642. The van der Waals surface area contributed by atoms with Crippen molar-refractivity contribution in [3.05, 3.63) is 17.7 Å². The molecule has 2 fully saturated rings. The van der Waals surface area contributed by atoms with Gasteiger partial charge in [-0.05, 0) is 44.9 Å². The van der Waals surface area contributed by atoms with E-state index in [1.165, 1.54) is 19.3 Å². The average Bonchev–Trinajstić information content (AvgIpc) is 3.30. The van der Waals surface area contributed by atoms with Gasteiger partial charge in [-0.15, -0.1) is 0 Å². The van der Waals surface area contributed by atoms with Crippen molar-refractivity contribution in [2.75, 3.05) is 13.1 Å². The molecule has 0 bridgehead atoms. The number of nitrogens with one attached hydrogen (secondary N) is 1. The largest absolute Gasteiger partial charge is 0.353 e. The second-order valence-corrected chi connectivity index (χ2v) is 7.77. The first kappa shape index (κ1) is 16.6. The summed E-state index contributed by atoms with van der Waals surface area (Å²) in [5.41, 5.74) is 1.62. The molecule has 136 valence electrons. The minimum Gasteiger partial charge on any atom is -0.353 e. The number of piperidine rings is 1. The number of nitrogens with zero attached hydrogens (tertiary/aromatic N) is 3. The van der Waals surface area contributed by atoms with Crippen molar-refractivity contribution in [2.24, 2.45) is 5.92 Å². The van der Waals surface area contributed by atoms with Crippen LogP contribution < -0.4 is 5.32 Å². The van der Waals surface area contributed by atoms with Crippen LogP contribution in [-0.2, 0) is 17.8 Å². The lowest BCUT2D eigenvalue weighted by atomic mass is 9.95. The van der Waals surface area contributed by atoms with E-state index in [2.05, 4.69) is 10.3 Å². The van der Waals surface area contributed by atoms with E-state index in [0.717, 1.165) is 57.3 Å². The van der Waals surface area contributed by atoms with Crippen LogP contribution >= 0.6 is 0 Å². The Hall–Kier alpha value is -1.85. The van der Waals surface area contributed by atoms with E-state index in [1.54, 1.807) is 6.33 Å². The monoisotopic (exact) mass is 344 g/mol. The Labute approximate surface area is 149 Å². The molecule has 0 aromatic carbocycles. The average molecular weight is 344 g/mol. The van der Waals surface area contributed by atoms with E-state index >= 15 is 0 Å². The van der Waals surface area contributed by atoms with E-state index in [0.29, 0.717) is 18.3 Å². The number of hydrogen-bond donors (Lipinski definition) is 1. The number of fused-ring (bicyclic) bond motifs is 1. The third kappa shape index (κ3) is 3.44. The van der Waals surface area contributed by atoms with Crippen LogP contribution in [-0.4, -0.2) is 45.4 Å². The van der Waals surface area contributed by atoms with E-state index in [1.807, 2.05) is 9.47 Å². The van der Waals surface area contributed by atoms with Gasteiger partial charge in [-0.2, -0.15) is 0 Å². The Balaban J connectivity index is 1.41. The number of amides is 2. The smallest absolute Gasteiger partial charge is 0.274 e. The van der Waals surface area contributed by atoms with Gasteiger partial charge in [0, 0.05) is 25.7 Å². The summed E-state index contributed by atoms with van der Waals surface area (Å²) in [5.74, 6) is 0.248. The van der Waals surface area contributed by atoms with Gasteiger partial charge in [-0.3, -0.25) is 9.59 Å². The number of imidazole rings is 1. The van der Waals surface area contributed by atoms with Crippen molar-refractivity contribution >= 4 is 11.8 Å². The maximum atomic E-state index is 12.7. The van der Waals surface area contributed by atoms with Gasteiger partial charge in [0.1, 0.15) is 5.69 Å². The zero-order chi connectivity index (χ0) is 17.2. The topological polar surface area (TPSA) is 67.2 Å². The molecule has 1 atom stereocenters. The van der Waals surface area contributed by atoms with Crippen molar-refractivity contribution in [1.29, 1.82) is 0 Å². The first-order valence-electron chi connectivity index (χ1n) is 9.86. The summed E-state index contributed by atoms with van der Waals surface area (Å²) in [6.45, 7) is 2.34. The fraction of sp³-hybridized carbons (Fsp3) is 0.737. The minimum absolute atomic E-state index is 0.000221. The summed E-state index contributed by atoms with van der Waals surface area (Å²) in [6, 6.07) is 0.368. The maximum absolute atomic E-state index is 12.7. The van der Waals surface area contributed by atoms with Gasteiger partial charge < -0.3 is 14.8 Å². The zero-order valence-electron chi connectivity index (χ0n) is 14.9. The van der Waals surface area contributed by atoms with Crippen molar-refractivity contribution in [3.63, 3.8) is 0 Å². The predicted octanol–water partition coefficient (Wildman–Crippen LogP) is 2.13. The Morgan fingerprint density at radius 1 is 1.04 bits per heavy atom. The Morgan fingerprint density at radius 2 is 1.80 bits per heavy atom. The third-order valence-electron chi connectivity index (χ3n) is 6.01. The van der Waals surface area contributed by atoms with Gasteiger partial charge in [0.15, 0.2) is 0 Å². The maximum Gasteiger partial charge on any atom is 0.274 e. The lowest BCUT2D eigenvalue weighted by Gasteiger charge is -2.28. The summed E-state index contributed by atoms with van der Waals surface area (Å²) in [4.78, 5) is 31.6. The van der Waals surface area contributed by atoms with Crippen LogP contribution in [0.4, 0.5) is 0 Å². The standard InChI is InChI=1S/C19H28N4O2/c24-18(21-15-6-2-3-7-15)14-8-9-16-17(20-13-23(16)12-14)19(25)22-10-4-1-5-11-22/h13-15H,1-12H2,(H,21,24). The van der Waals surface area contributed by atoms with Crippen molar-refractivity contribution < 1.29 is 9.59 Å². The molecule has 1 saturated carbocycles. The molecule has 0 radical (unpaired) electrons. The molecule has 6 nitrogen and oxygen atoms in total. The quantitative estimate of drug-likeness (QED) is 0.913. The number of aromatic nitrogens is 2. The fourth-order valence-electron chi connectivity index (χ4n) is 4.50. The van der Waals surface area contributed by atoms with E-state index in [9.17, 15) is 9.59 Å². The molecule has 25 heavy (non-hydrogen) atoms. The second kappa shape index (κ2) is 7.18. The molecule has 1 aliphatic carbocycles. The Kier molecular flexibility index (Phi) is 4.77. The summed E-state index contributed by atoms with van der Waals surface area (Å²) in [7, 11) is 0. The van der Waals surface area contributed by atoms with Crippen LogP contribution in [0.2, 0.25) is 0 Å². The lowest BCUT2D eigenvalue weighted by molar-refractivity contribution is -0.126. The van der Waals surface area contributed by atoms with E-state index in [-0.39, 0.29) is 17.7 Å². The highest BCUT2D eigenvalue weighted by Crippen LogP contribution is 2.25. The first-order valence-corrected chi connectivity index (χ1v) is 9.86. The summed E-state index contributed by atoms with van der Waals surface area (Å²) in [5, 5.41) is 3.21. The van der Waals surface area contributed by atoms with Crippen molar-refractivity contribution in [1.82, 2.24) is 19.8 Å². The molecule has 2 amide bonds. The van der Waals surface area contributed by atoms with Gasteiger partial charge in [-0.1, -0.05) is 12.8 Å². The van der Waals surface area contributed by atoms with Crippen LogP contribution in [0.25, 0.3) is 0 Å². The molecule has 1 saturated heterocycles. The third-order valence-corrected chi connectivity index (χ3v) is 6.01. The van der Waals surface area contributed by atoms with Gasteiger partial charge in [-0.25, -0.2) is 4.98 Å². The molecule has 1 N–H and O–H groups in total. The van der Waals surface area contributed by atoms with Gasteiger partial charge in [0.05, 0.1) is 17.9 Å². The molecule has 6 heteroatoms. The van der Waals surface area contributed by atoms with Crippen LogP contribution in [0, 0.1) is 5.92 Å². The Morgan fingerprint density at radius 3 is 2.56 bits per heavy atom. The number of hydrogen-bond acceptors (Lipinski definition) is 3. The molecule has 0 spiro atoms. The van der Waals surface area contributed by atoms with Crippen LogP contribution in [0.3, 0.4) is 0 Å². The predicted molar refractivity (Wildman–Crippen MR) is 94.2 cm³/mol. The molecule has 3 aliphatic rings. The van der Waals surface area contributed by atoms with Gasteiger partial charge in [0.2, 0.25) is 5.91 Å². The minimum atomic E-state index is 0.000221. The highest BCUT2D eigenvalue weighted by Gasteiger charge is 2.31.